The third-order valence-electron chi connectivity index (χ3n) is 4.06. The molecule has 0 aromatic heterocycles. The fourth-order valence-corrected chi connectivity index (χ4v) is 4.32. The third kappa shape index (κ3) is 2.98. The highest BCUT2D eigenvalue weighted by Crippen LogP contribution is 2.37. The minimum atomic E-state index is -0.198. The molecule has 2 aliphatic rings. The van der Waals surface area contributed by atoms with Crippen LogP contribution in [-0.2, 0) is 4.79 Å². The highest BCUT2D eigenvalue weighted by molar-refractivity contribution is 8.26. The molecule has 4 nitrogen and oxygen atoms in total. The molecule has 6 heteroatoms. The smallest absolute Gasteiger partial charge is 0.266 e. The fourth-order valence-electron chi connectivity index (χ4n) is 2.92. The van der Waals surface area contributed by atoms with Crippen LogP contribution in [0.25, 0.3) is 6.08 Å². The lowest BCUT2D eigenvalue weighted by atomic mass is 9.94. The normalized spacial score (nSPS) is 21.8. The van der Waals surface area contributed by atoms with Crippen molar-refractivity contribution in [3.8, 4) is 11.5 Å². The van der Waals surface area contributed by atoms with Gasteiger partial charge in [0.05, 0.1) is 4.91 Å². The first-order valence-electron chi connectivity index (χ1n) is 7.35. The van der Waals surface area contributed by atoms with Gasteiger partial charge in [-0.1, -0.05) is 49.3 Å². The molecular weight excluding hydrogens is 318 g/mol. The van der Waals surface area contributed by atoms with Gasteiger partial charge < -0.3 is 10.2 Å². The van der Waals surface area contributed by atoms with Crippen LogP contribution in [0.5, 0.6) is 11.5 Å². The van der Waals surface area contributed by atoms with E-state index in [0.717, 1.165) is 25.7 Å². The maximum Gasteiger partial charge on any atom is 0.266 e. The zero-order valence-electron chi connectivity index (χ0n) is 12.0. The molecule has 0 spiro atoms. The summed E-state index contributed by atoms with van der Waals surface area (Å²) in [7, 11) is 0. The summed E-state index contributed by atoms with van der Waals surface area (Å²) >= 11 is 6.68. The summed E-state index contributed by atoms with van der Waals surface area (Å²) in [6.07, 6.45) is 7.26. The van der Waals surface area contributed by atoms with Crippen LogP contribution in [0.15, 0.2) is 23.1 Å². The Labute approximate surface area is 138 Å². The molecule has 2 N–H and O–H groups in total. The number of aromatic hydroxyl groups is 2. The van der Waals surface area contributed by atoms with Crippen LogP contribution in [0.1, 0.15) is 37.7 Å². The van der Waals surface area contributed by atoms with E-state index in [1.54, 1.807) is 17.0 Å². The number of thiocarbonyl (C=S) groups is 1. The van der Waals surface area contributed by atoms with Crippen molar-refractivity contribution in [2.24, 2.45) is 0 Å². The maximum absolute atomic E-state index is 12.6. The number of amides is 1. The van der Waals surface area contributed by atoms with Gasteiger partial charge in [0, 0.05) is 6.04 Å². The topological polar surface area (TPSA) is 60.8 Å². The molecule has 0 radical (unpaired) electrons. The maximum atomic E-state index is 12.6. The van der Waals surface area contributed by atoms with E-state index in [4.69, 9.17) is 12.2 Å². The molecule has 3 rings (SSSR count). The number of carbonyl (C=O) groups is 1. The number of phenolic OH excluding ortho intramolecular Hbond substituents is 2. The largest absolute Gasteiger partial charge is 0.504 e. The predicted octanol–water partition coefficient (Wildman–Crippen LogP) is 3.63. The lowest BCUT2D eigenvalue weighted by Gasteiger charge is -2.29. The van der Waals surface area contributed by atoms with Crippen LogP contribution in [0, 0.1) is 0 Å². The molecule has 116 valence electrons. The van der Waals surface area contributed by atoms with Gasteiger partial charge in [0.1, 0.15) is 4.32 Å². The van der Waals surface area contributed by atoms with E-state index >= 15 is 0 Å². The van der Waals surface area contributed by atoms with E-state index in [2.05, 4.69) is 0 Å². The first-order valence-corrected chi connectivity index (χ1v) is 8.58. The van der Waals surface area contributed by atoms with Crippen LogP contribution >= 0.6 is 24.0 Å². The molecule has 0 unspecified atom stereocenters. The second-order valence-electron chi connectivity index (χ2n) is 5.59. The predicted molar refractivity (Wildman–Crippen MR) is 91.7 cm³/mol. The van der Waals surface area contributed by atoms with Crippen LogP contribution in [0.3, 0.4) is 0 Å². The van der Waals surface area contributed by atoms with Crippen molar-refractivity contribution in [1.29, 1.82) is 0 Å². The van der Waals surface area contributed by atoms with Gasteiger partial charge in [-0.2, -0.15) is 0 Å². The van der Waals surface area contributed by atoms with Crippen LogP contribution in [0.2, 0.25) is 0 Å². The summed E-state index contributed by atoms with van der Waals surface area (Å²) in [5, 5.41) is 18.9. The zero-order valence-corrected chi connectivity index (χ0v) is 13.6. The molecule has 1 heterocycles. The molecule has 1 aromatic rings. The van der Waals surface area contributed by atoms with Gasteiger partial charge in [0.25, 0.3) is 5.91 Å². The van der Waals surface area contributed by atoms with Crippen molar-refractivity contribution in [3.05, 3.63) is 28.7 Å². The van der Waals surface area contributed by atoms with Gasteiger partial charge in [-0.3, -0.25) is 9.69 Å². The molecule has 22 heavy (non-hydrogen) atoms. The van der Waals surface area contributed by atoms with E-state index in [1.165, 1.54) is 30.3 Å². The average Bonchev–Trinajstić information content (AvgIpc) is 2.78. The fraction of sp³-hybridized carbons (Fsp3) is 0.375. The molecule has 0 bridgehead atoms. The number of nitrogens with zero attached hydrogens (tertiary/aromatic N) is 1. The first-order chi connectivity index (χ1) is 10.6. The minimum Gasteiger partial charge on any atom is -0.504 e. The number of rotatable bonds is 2. The SMILES string of the molecule is O=C1/C(=C/c2ccc(O)c(O)c2)SC(=S)N1C1CCCCC1. The van der Waals surface area contributed by atoms with Crippen LogP contribution in [0.4, 0.5) is 0 Å². The summed E-state index contributed by atoms with van der Waals surface area (Å²) in [5.41, 5.74) is 0.666. The molecule has 1 amide bonds. The highest BCUT2D eigenvalue weighted by atomic mass is 32.2. The number of hydrogen-bond acceptors (Lipinski definition) is 5. The Bertz CT molecular complexity index is 651. The first kappa shape index (κ1) is 15.4. The standard InChI is InChI=1S/C16H17NO3S2/c18-12-7-6-10(8-13(12)19)9-14-15(20)17(16(21)22-14)11-4-2-1-3-5-11/h6-9,11,18-19H,1-5H2/b14-9-. The molecule has 1 saturated heterocycles. The Balaban J connectivity index is 1.83. The monoisotopic (exact) mass is 335 g/mol. The van der Waals surface area contributed by atoms with Crippen molar-refractivity contribution in [2.45, 2.75) is 38.1 Å². The summed E-state index contributed by atoms with van der Waals surface area (Å²) in [4.78, 5) is 14.9. The van der Waals surface area contributed by atoms with Gasteiger partial charge in [-0.25, -0.2) is 0 Å². The summed E-state index contributed by atoms with van der Waals surface area (Å²) in [6, 6.07) is 4.72. The molecule has 1 aliphatic heterocycles. The second kappa shape index (κ2) is 6.30. The number of thioether (sulfide) groups is 1. The van der Waals surface area contributed by atoms with E-state index in [-0.39, 0.29) is 23.4 Å². The van der Waals surface area contributed by atoms with Gasteiger partial charge in [-0.05, 0) is 36.6 Å². The Morgan fingerprint density at radius 3 is 2.59 bits per heavy atom. The number of benzene rings is 1. The average molecular weight is 335 g/mol. The molecule has 1 saturated carbocycles. The van der Waals surface area contributed by atoms with E-state index < -0.39 is 0 Å². The minimum absolute atomic E-state index is 0.0468. The quantitative estimate of drug-likeness (QED) is 0.491. The van der Waals surface area contributed by atoms with Gasteiger partial charge >= 0.3 is 0 Å². The number of hydrogen-bond donors (Lipinski definition) is 2. The van der Waals surface area contributed by atoms with Crippen LogP contribution < -0.4 is 0 Å². The Kier molecular flexibility index (Phi) is 4.40. The Morgan fingerprint density at radius 2 is 1.91 bits per heavy atom. The second-order valence-corrected chi connectivity index (χ2v) is 7.27. The number of phenols is 2. The van der Waals surface area contributed by atoms with Crippen molar-refractivity contribution in [3.63, 3.8) is 0 Å². The summed E-state index contributed by atoms with van der Waals surface area (Å²) < 4.78 is 0.617. The molecule has 1 aliphatic carbocycles. The number of carbonyl (C=O) groups excluding carboxylic acids is 1. The highest BCUT2D eigenvalue weighted by Gasteiger charge is 2.37. The molecule has 0 atom stereocenters. The molecule has 2 fully saturated rings. The van der Waals surface area contributed by atoms with Gasteiger partial charge in [-0.15, -0.1) is 0 Å². The van der Waals surface area contributed by atoms with Gasteiger partial charge in [0.15, 0.2) is 11.5 Å². The Hall–Kier alpha value is -1.53. The van der Waals surface area contributed by atoms with E-state index in [9.17, 15) is 15.0 Å². The van der Waals surface area contributed by atoms with Crippen molar-refractivity contribution >= 4 is 40.3 Å². The Morgan fingerprint density at radius 1 is 1.18 bits per heavy atom. The molecule has 1 aromatic carbocycles. The third-order valence-corrected chi connectivity index (χ3v) is 5.39. The van der Waals surface area contributed by atoms with Crippen molar-refractivity contribution in [1.82, 2.24) is 4.90 Å². The van der Waals surface area contributed by atoms with Crippen molar-refractivity contribution < 1.29 is 15.0 Å². The van der Waals surface area contributed by atoms with Crippen molar-refractivity contribution in [2.75, 3.05) is 0 Å². The van der Waals surface area contributed by atoms with E-state index in [1.807, 2.05) is 0 Å². The lowest BCUT2D eigenvalue weighted by Crippen LogP contribution is -2.39. The zero-order chi connectivity index (χ0) is 15.7. The summed E-state index contributed by atoms with van der Waals surface area (Å²) in [5.74, 6) is -0.419. The van der Waals surface area contributed by atoms with Gasteiger partial charge in [0.2, 0.25) is 0 Å². The lowest BCUT2D eigenvalue weighted by molar-refractivity contribution is -0.124. The summed E-state index contributed by atoms with van der Waals surface area (Å²) in [6.45, 7) is 0. The molecular formula is C16H17NO3S2. The van der Waals surface area contributed by atoms with Crippen LogP contribution in [-0.4, -0.2) is 31.4 Å². The van der Waals surface area contributed by atoms with E-state index in [0.29, 0.717) is 14.8 Å².